The summed E-state index contributed by atoms with van der Waals surface area (Å²) in [4.78, 5) is 41.0. The largest absolute Gasteiger partial charge is 0.450 e. The Morgan fingerprint density at radius 2 is 0.923 bits per heavy atom. The summed E-state index contributed by atoms with van der Waals surface area (Å²) < 4.78 is 69.0. The van der Waals surface area contributed by atoms with Gasteiger partial charge in [0.2, 0.25) is 0 Å². The Labute approximate surface area is 379 Å². The molecule has 16 nitrogen and oxygen atoms in total. The van der Waals surface area contributed by atoms with E-state index in [-0.39, 0.29) is 36.5 Å². The summed E-state index contributed by atoms with van der Waals surface area (Å²) in [6.45, 7) is 7.28. The van der Waals surface area contributed by atoms with Crippen LogP contribution in [0.15, 0.2) is 104 Å². The van der Waals surface area contributed by atoms with Crippen LogP contribution in [0.3, 0.4) is 0 Å². The highest BCUT2D eigenvalue weighted by molar-refractivity contribution is 5.90. The van der Waals surface area contributed by atoms with Crippen molar-refractivity contribution in [1.29, 1.82) is 0 Å². The molecule has 0 aromatic heterocycles. The number of hydrogen-bond acceptors (Lipinski definition) is 16. The molecule has 3 saturated heterocycles. The van der Waals surface area contributed by atoms with Crippen molar-refractivity contribution >= 4 is 17.9 Å². The molecule has 3 aliphatic rings. The third kappa shape index (κ3) is 13.5. The molecule has 3 aliphatic heterocycles. The Kier molecular flexibility index (Phi) is 19.9. The standard InChI is InChI=1S/C49H62O16/c1-4-7-19-28-57-47-43(64-46(54)34-24-17-12-18-25-34)40(65-49-42(63-45(53)33-22-15-11-16-23-33)39(36(30-51)60-49)56-27-9-6-3)37(61-47)31-58-48-41(62-44(52)32-20-13-10-14-21-32)38(35(29-50)59-48)55-26-8-5-2/h4,10-18,20-25,35-43,47-51H,1,5-9,19,26-31H2,2-3H3. The Hall–Kier alpha value is -4.59. The maximum Gasteiger partial charge on any atom is 0.338 e. The predicted molar refractivity (Wildman–Crippen MR) is 233 cm³/mol. The molecule has 0 aliphatic carbocycles. The molecule has 3 aromatic rings. The summed E-state index contributed by atoms with van der Waals surface area (Å²) in [6, 6.07) is 25.2. The molecule has 12 atom stereocenters. The van der Waals surface area contributed by atoms with Gasteiger partial charge >= 0.3 is 17.9 Å². The van der Waals surface area contributed by atoms with Crippen LogP contribution >= 0.6 is 0 Å². The molecule has 0 bridgehead atoms. The second-order valence-electron chi connectivity index (χ2n) is 15.8. The molecule has 65 heavy (non-hydrogen) atoms. The van der Waals surface area contributed by atoms with Crippen molar-refractivity contribution in [2.45, 2.75) is 126 Å². The Morgan fingerprint density at radius 1 is 0.523 bits per heavy atom. The summed E-state index contributed by atoms with van der Waals surface area (Å²) in [5.41, 5.74) is 0.802. The van der Waals surface area contributed by atoms with E-state index in [0.717, 1.165) is 12.8 Å². The average Bonchev–Trinajstić information content (AvgIpc) is 3.97. The molecule has 16 heteroatoms. The molecule has 0 radical (unpaired) electrons. The van der Waals surface area contributed by atoms with Crippen LogP contribution in [0, 0.1) is 0 Å². The number of rotatable bonds is 26. The third-order valence-corrected chi connectivity index (χ3v) is 11.1. The molecular formula is C49H62O16. The van der Waals surface area contributed by atoms with E-state index in [0.29, 0.717) is 32.3 Å². The molecule has 2 N–H and O–H groups in total. The second kappa shape index (κ2) is 25.9. The normalized spacial score (nSPS) is 28.5. The fourth-order valence-corrected chi connectivity index (χ4v) is 7.62. The number of hydrogen-bond donors (Lipinski definition) is 2. The fraction of sp³-hybridized carbons (Fsp3) is 0.531. The zero-order valence-electron chi connectivity index (χ0n) is 37.0. The lowest BCUT2D eigenvalue weighted by atomic mass is 10.1. The van der Waals surface area contributed by atoms with E-state index in [1.807, 2.05) is 13.8 Å². The third-order valence-electron chi connectivity index (χ3n) is 11.1. The van der Waals surface area contributed by atoms with Crippen LogP contribution in [0.1, 0.15) is 83.4 Å². The zero-order chi connectivity index (χ0) is 46.0. The van der Waals surface area contributed by atoms with E-state index in [4.69, 9.17) is 52.1 Å². The Morgan fingerprint density at radius 3 is 1.37 bits per heavy atom. The maximum absolute atomic E-state index is 13.8. The number of aliphatic hydroxyl groups is 2. The monoisotopic (exact) mass is 906 g/mol. The van der Waals surface area contributed by atoms with Crippen LogP contribution in [0.5, 0.6) is 0 Å². The van der Waals surface area contributed by atoms with Gasteiger partial charge in [0, 0.05) is 13.2 Å². The van der Waals surface area contributed by atoms with E-state index in [1.54, 1.807) is 97.1 Å². The second-order valence-corrected chi connectivity index (χ2v) is 15.8. The van der Waals surface area contributed by atoms with Crippen molar-refractivity contribution in [3.8, 4) is 0 Å². The van der Waals surface area contributed by atoms with E-state index < -0.39 is 105 Å². The highest BCUT2D eigenvalue weighted by Gasteiger charge is 2.56. The lowest BCUT2D eigenvalue weighted by molar-refractivity contribution is -0.227. The Balaban J connectivity index is 1.33. The molecule has 12 unspecified atom stereocenters. The number of unbranched alkanes of at least 4 members (excludes halogenated alkanes) is 3. The van der Waals surface area contributed by atoms with Crippen LogP contribution in [-0.4, -0.2) is 142 Å². The van der Waals surface area contributed by atoms with Gasteiger partial charge in [-0.05, 0) is 62.1 Å². The van der Waals surface area contributed by atoms with Crippen molar-refractivity contribution < 1.29 is 76.7 Å². The molecule has 3 aromatic carbocycles. The van der Waals surface area contributed by atoms with Crippen LogP contribution < -0.4 is 0 Å². The van der Waals surface area contributed by atoms with E-state index >= 15 is 0 Å². The van der Waals surface area contributed by atoms with Crippen molar-refractivity contribution in [1.82, 2.24) is 0 Å². The summed E-state index contributed by atoms with van der Waals surface area (Å²) in [5, 5.41) is 21.0. The minimum absolute atomic E-state index is 0.186. The van der Waals surface area contributed by atoms with Crippen LogP contribution in [0.25, 0.3) is 0 Å². The number of aliphatic hydroxyl groups excluding tert-OH is 2. The number of esters is 3. The molecule has 0 saturated carbocycles. The highest BCUT2D eigenvalue weighted by atomic mass is 16.8. The van der Waals surface area contributed by atoms with Crippen LogP contribution in [0.2, 0.25) is 0 Å². The smallest absolute Gasteiger partial charge is 0.338 e. The lowest BCUT2D eigenvalue weighted by Gasteiger charge is -2.30. The van der Waals surface area contributed by atoms with Gasteiger partial charge in [-0.2, -0.15) is 0 Å². The number of carbonyl (C=O) groups is 3. The first-order valence-electron chi connectivity index (χ1n) is 22.5. The van der Waals surface area contributed by atoms with Gasteiger partial charge in [0.25, 0.3) is 0 Å². The topological polar surface area (TPSA) is 193 Å². The van der Waals surface area contributed by atoms with Crippen molar-refractivity contribution in [3.63, 3.8) is 0 Å². The van der Waals surface area contributed by atoms with Crippen LogP contribution in [-0.2, 0) is 52.1 Å². The summed E-state index contributed by atoms with van der Waals surface area (Å²) in [6.07, 6.45) is -7.62. The molecule has 6 rings (SSSR count). The quantitative estimate of drug-likeness (QED) is 0.0439. The summed E-state index contributed by atoms with van der Waals surface area (Å²) in [5.74, 6) is -2.04. The van der Waals surface area contributed by atoms with Gasteiger partial charge in [0.15, 0.2) is 37.2 Å². The fourth-order valence-electron chi connectivity index (χ4n) is 7.62. The van der Waals surface area contributed by atoms with Gasteiger partial charge in [-0.15, -0.1) is 6.58 Å². The molecule has 0 amide bonds. The molecule has 0 spiro atoms. The summed E-state index contributed by atoms with van der Waals surface area (Å²) >= 11 is 0. The van der Waals surface area contributed by atoms with Gasteiger partial charge in [-0.1, -0.05) is 87.4 Å². The van der Waals surface area contributed by atoms with Crippen molar-refractivity contribution in [2.75, 3.05) is 39.6 Å². The predicted octanol–water partition coefficient (Wildman–Crippen LogP) is 5.58. The number of allylic oxidation sites excluding steroid dienone is 1. The first-order chi connectivity index (χ1) is 31.8. The first-order valence-corrected chi connectivity index (χ1v) is 22.5. The molecular weight excluding hydrogens is 845 g/mol. The van der Waals surface area contributed by atoms with Gasteiger partial charge in [0.05, 0.1) is 43.1 Å². The van der Waals surface area contributed by atoms with Crippen molar-refractivity contribution in [2.24, 2.45) is 0 Å². The SMILES string of the molecule is C=CCCCOC1OC(COC2OC(CO)C(OCCCC)C2OC(=O)c2ccccc2)C(OC2OC(CO)C(OCCCC)C2OC(=O)c2ccccc2)C1OC(=O)c1ccccc1. The van der Waals surface area contributed by atoms with Gasteiger partial charge in [0.1, 0.15) is 36.6 Å². The Bertz CT molecular complexity index is 1880. The van der Waals surface area contributed by atoms with Crippen molar-refractivity contribution in [3.05, 3.63) is 120 Å². The van der Waals surface area contributed by atoms with Crippen LogP contribution in [0.4, 0.5) is 0 Å². The highest BCUT2D eigenvalue weighted by Crippen LogP contribution is 2.37. The lowest BCUT2D eigenvalue weighted by Crippen LogP contribution is -2.47. The van der Waals surface area contributed by atoms with Gasteiger partial charge in [-0.25, -0.2) is 14.4 Å². The van der Waals surface area contributed by atoms with Gasteiger partial charge in [-0.3, -0.25) is 0 Å². The number of ether oxygens (including phenoxy) is 11. The van der Waals surface area contributed by atoms with Gasteiger partial charge < -0.3 is 62.3 Å². The molecule has 3 fully saturated rings. The minimum atomic E-state index is -1.39. The molecule has 3 heterocycles. The van der Waals surface area contributed by atoms with E-state index in [2.05, 4.69) is 6.58 Å². The number of benzene rings is 3. The van der Waals surface area contributed by atoms with E-state index in [9.17, 15) is 24.6 Å². The average molecular weight is 907 g/mol. The summed E-state index contributed by atoms with van der Waals surface area (Å²) in [7, 11) is 0. The number of carbonyl (C=O) groups excluding carboxylic acids is 3. The minimum Gasteiger partial charge on any atom is -0.450 e. The zero-order valence-corrected chi connectivity index (χ0v) is 37.0. The molecule has 354 valence electrons. The maximum atomic E-state index is 13.8. The van der Waals surface area contributed by atoms with E-state index in [1.165, 1.54) is 0 Å². The first kappa shape index (κ1) is 49.8.